The van der Waals surface area contributed by atoms with Crippen LogP contribution in [0, 0.1) is 5.82 Å². The number of sulfonamides is 1. The third kappa shape index (κ3) is 7.50. The molecule has 0 aromatic heterocycles. The Morgan fingerprint density at radius 3 is 2.21 bits per heavy atom. The lowest BCUT2D eigenvalue weighted by Gasteiger charge is -2.32. The van der Waals surface area contributed by atoms with Crippen molar-refractivity contribution < 1.29 is 22.4 Å². The van der Waals surface area contributed by atoms with Gasteiger partial charge in [-0.2, -0.15) is 0 Å². The van der Waals surface area contributed by atoms with Gasteiger partial charge >= 0.3 is 0 Å². The molecule has 11 heteroatoms. The average Bonchev–Trinajstić information content (AvgIpc) is 2.92. The Morgan fingerprint density at radius 1 is 0.949 bits per heavy atom. The Bertz CT molecular complexity index is 1420. The van der Waals surface area contributed by atoms with Crippen LogP contribution in [-0.4, -0.2) is 43.8 Å². The van der Waals surface area contributed by atoms with Crippen LogP contribution >= 0.6 is 23.2 Å². The third-order valence-corrected chi connectivity index (χ3v) is 8.71. The molecule has 0 fully saturated rings. The van der Waals surface area contributed by atoms with Crippen molar-refractivity contribution >= 4 is 50.7 Å². The molecule has 0 radical (unpaired) electrons. The largest absolute Gasteiger partial charge is 0.352 e. The van der Waals surface area contributed by atoms with Gasteiger partial charge in [0.25, 0.3) is 10.0 Å². The number of hydrogen-bond donors (Lipinski definition) is 1. The molecule has 0 aliphatic rings. The fourth-order valence-corrected chi connectivity index (χ4v) is 5.54. The minimum Gasteiger partial charge on any atom is -0.352 e. The molecule has 0 bridgehead atoms. The number of rotatable bonds is 11. The molecule has 7 nitrogen and oxygen atoms in total. The van der Waals surface area contributed by atoms with Crippen molar-refractivity contribution in [3.05, 3.63) is 94.2 Å². The fourth-order valence-electron chi connectivity index (χ4n) is 3.75. The van der Waals surface area contributed by atoms with E-state index in [0.717, 1.165) is 16.4 Å². The molecule has 3 rings (SSSR count). The molecule has 3 aromatic carbocycles. The lowest BCUT2D eigenvalue weighted by Crippen LogP contribution is -2.52. The van der Waals surface area contributed by atoms with E-state index in [-0.39, 0.29) is 28.2 Å². The first-order chi connectivity index (χ1) is 18.4. The summed E-state index contributed by atoms with van der Waals surface area (Å²) in [5.74, 6) is -1.80. The first-order valence-electron chi connectivity index (χ1n) is 12.3. The first kappa shape index (κ1) is 30.4. The number of benzene rings is 3. The molecule has 0 saturated heterocycles. The van der Waals surface area contributed by atoms with Crippen LogP contribution in [0.3, 0.4) is 0 Å². The van der Waals surface area contributed by atoms with E-state index in [1.165, 1.54) is 23.1 Å². The summed E-state index contributed by atoms with van der Waals surface area (Å²) in [6.45, 7) is 4.61. The zero-order valence-electron chi connectivity index (χ0n) is 21.8. The van der Waals surface area contributed by atoms with Gasteiger partial charge in [0.15, 0.2) is 0 Å². The van der Waals surface area contributed by atoms with E-state index in [1.54, 1.807) is 49.4 Å². The average molecular weight is 595 g/mol. The number of nitrogens with one attached hydrogen (secondary N) is 1. The summed E-state index contributed by atoms with van der Waals surface area (Å²) in [7, 11) is -4.28. The smallest absolute Gasteiger partial charge is 0.264 e. The second kappa shape index (κ2) is 13.3. The van der Waals surface area contributed by atoms with Crippen molar-refractivity contribution in [1.29, 1.82) is 0 Å². The van der Waals surface area contributed by atoms with E-state index < -0.39 is 40.2 Å². The number of amides is 2. The summed E-state index contributed by atoms with van der Waals surface area (Å²) < 4.78 is 42.2. The minimum atomic E-state index is -4.28. The number of carbonyl (C=O) groups is 2. The standard InChI is InChI=1S/C28H30Cl2FN3O4S/c1-4-19(2)32-28(36)20(3)33(17-21-10-8-9-13-24(21)29)27(35)18-34(22-14-15-26(31)25(30)16-22)39(37,38)23-11-6-5-7-12-23/h5-16,19-20H,4,17-18H2,1-3H3,(H,32,36). The highest BCUT2D eigenvalue weighted by molar-refractivity contribution is 7.92. The van der Waals surface area contributed by atoms with Crippen molar-refractivity contribution in [2.75, 3.05) is 10.8 Å². The van der Waals surface area contributed by atoms with Gasteiger partial charge in [-0.05, 0) is 62.2 Å². The predicted octanol–water partition coefficient (Wildman–Crippen LogP) is 5.66. The van der Waals surface area contributed by atoms with Gasteiger partial charge in [-0.1, -0.05) is 66.5 Å². The van der Waals surface area contributed by atoms with Crippen LogP contribution in [0.15, 0.2) is 77.7 Å². The van der Waals surface area contributed by atoms with Gasteiger partial charge in [0, 0.05) is 17.6 Å². The number of anilines is 1. The summed E-state index contributed by atoms with van der Waals surface area (Å²) in [6, 6.07) is 16.7. The van der Waals surface area contributed by atoms with Crippen LogP contribution in [-0.2, 0) is 26.2 Å². The maximum atomic E-state index is 13.9. The van der Waals surface area contributed by atoms with E-state index in [4.69, 9.17) is 23.2 Å². The molecular weight excluding hydrogens is 564 g/mol. The summed E-state index contributed by atoms with van der Waals surface area (Å²) in [5.41, 5.74) is 0.575. The lowest BCUT2D eigenvalue weighted by molar-refractivity contribution is -0.139. The number of nitrogens with zero attached hydrogens (tertiary/aromatic N) is 2. The maximum Gasteiger partial charge on any atom is 0.264 e. The normalized spacial score (nSPS) is 12.9. The molecule has 1 N–H and O–H groups in total. The molecule has 2 amide bonds. The summed E-state index contributed by atoms with van der Waals surface area (Å²) >= 11 is 12.3. The molecule has 0 spiro atoms. The lowest BCUT2D eigenvalue weighted by atomic mass is 10.1. The van der Waals surface area contributed by atoms with Gasteiger partial charge in [0.2, 0.25) is 11.8 Å². The Morgan fingerprint density at radius 2 is 1.59 bits per heavy atom. The molecule has 0 aliphatic carbocycles. The molecule has 208 valence electrons. The zero-order valence-corrected chi connectivity index (χ0v) is 24.1. The zero-order chi connectivity index (χ0) is 28.7. The van der Waals surface area contributed by atoms with Gasteiger partial charge < -0.3 is 10.2 Å². The molecule has 0 saturated carbocycles. The number of hydrogen-bond acceptors (Lipinski definition) is 4. The molecule has 2 atom stereocenters. The molecule has 2 unspecified atom stereocenters. The van der Waals surface area contributed by atoms with Crippen LogP contribution in [0.1, 0.15) is 32.8 Å². The molecular formula is C28H30Cl2FN3O4S. The van der Waals surface area contributed by atoms with Crippen LogP contribution < -0.4 is 9.62 Å². The SMILES string of the molecule is CCC(C)NC(=O)C(C)N(Cc1ccccc1Cl)C(=O)CN(c1ccc(F)c(Cl)c1)S(=O)(=O)c1ccccc1. The summed E-state index contributed by atoms with van der Waals surface area (Å²) in [5, 5.41) is 2.95. The number of halogens is 3. The monoisotopic (exact) mass is 593 g/mol. The molecule has 3 aromatic rings. The second-order valence-electron chi connectivity index (χ2n) is 9.03. The van der Waals surface area contributed by atoms with Crippen LogP contribution in [0.4, 0.5) is 10.1 Å². The Kier molecular flexibility index (Phi) is 10.4. The van der Waals surface area contributed by atoms with Crippen molar-refractivity contribution in [2.24, 2.45) is 0 Å². The van der Waals surface area contributed by atoms with Gasteiger partial charge in [-0.15, -0.1) is 0 Å². The topological polar surface area (TPSA) is 86.8 Å². The van der Waals surface area contributed by atoms with E-state index in [0.29, 0.717) is 17.0 Å². The second-order valence-corrected chi connectivity index (χ2v) is 11.7. The van der Waals surface area contributed by atoms with Crippen LogP contribution in [0.5, 0.6) is 0 Å². The fraction of sp³-hybridized carbons (Fsp3) is 0.286. The Balaban J connectivity index is 2.05. The van der Waals surface area contributed by atoms with E-state index in [1.807, 2.05) is 13.8 Å². The Labute approximate surface area is 238 Å². The van der Waals surface area contributed by atoms with Crippen molar-refractivity contribution in [1.82, 2.24) is 10.2 Å². The van der Waals surface area contributed by atoms with Crippen LogP contribution in [0.25, 0.3) is 0 Å². The highest BCUT2D eigenvalue weighted by Gasteiger charge is 2.33. The molecule has 0 aliphatic heterocycles. The van der Waals surface area contributed by atoms with E-state index >= 15 is 0 Å². The molecule has 0 heterocycles. The van der Waals surface area contributed by atoms with Gasteiger partial charge in [-0.3, -0.25) is 13.9 Å². The molecule has 39 heavy (non-hydrogen) atoms. The van der Waals surface area contributed by atoms with Gasteiger partial charge in [0.1, 0.15) is 18.4 Å². The highest BCUT2D eigenvalue weighted by atomic mass is 35.5. The maximum absolute atomic E-state index is 13.9. The highest BCUT2D eigenvalue weighted by Crippen LogP contribution is 2.28. The van der Waals surface area contributed by atoms with Crippen molar-refractivity contribution in [2.45, 2.75) is 50.7 Å². The van der Waals surface area contributed by atoms with E-state index in [9.17, 15) is 22.4 Å². The quantitative estimate of drug-likeness (QED) is 0.311. The van der Waals surface area contributed by atoms with Gasteiger partial charge in [0.05, 0.1) is 15.6 Å². The summed E-state index contributed by atoms with van der Waals surface area (Å²) in [6.07, 6.45) is 0.686. The Hall–Kier alpha value is -3.14. The first-order valence-corrected chi connectivity index (χ1v) is 14.5. The van der Waals surface area contributed by atoms with E-state index in [2.05, 4.69) is 5.32 Å². The predicted molar refractivity (Wildman–Crippen MR) is 152 cm³/mol. The number of carbonyl (C=O) groups excluding carboxylic acids is 2. The van der Waals surface area contributed by atoms with Crippen molar-refractivity contribution in [3.63, 3.8) is 0 Å². The van der Waals surface area contributed by atoms with Crippen LogP contribution in [0.2, 0.25) is 10.0 Å². The summed E-state index contributed by atoms with van der Waals surface area (Å²) in [4.78, 5) is 28.1. The minimum absolute atomic E-state index is 0.00648. The van der Waals surface area contributed by atoms with Gasteiger partial charge in [-0.25, -0.2) is 12.8 Å². The van der Waals surface area contributed by atoms with Crippen molar-refractivity contribution in [3.8, 4) is 0 Å². The third-order valence-electron chi connectivity index (χ3n) is 6.27.